The lowest BCUT2D eigenvalue weighted by Crippen LogP contribution is -2.22. The second-order valence-electron chi connectivity index (χ2n) is 1.91. The second kappa shape index (κ2) is 7.23. The molecule has 0 aromatic heterocycles. The van der Waals surface area contributed by atoms with Crippen molar-refractivity contribution in [3.8, 4) is 0 Å². The van der Waals surface area contributed by atoms with Crippen LogP contribution in [0.15, 0.2) is 4.99 Å². The molecule has 0 fully saturated rings. The lowest BCUT2D eigenvalue weighted by molar-refractivity contribution is -0.151. The predicted octanol–water partition coefficient (Wildman–Crippen LogP) is 1.21. The van der Waals surface area contributed by atoms with E-state index in [9.17, 15) is 4.79 Å². The summed E-state index contributed by atoms with van der Waals surface area (Å²) < 4.78 is 10.1. The van der Waals surface area contributed by atoms with Crippen molar-refractivity contribution in [3.05, 3.63) is 0 Å². The van der Waals surface area contributed by atoms with Crippen molar-refractivity contribution in [2.45, 2.75) is 6.23 Å². The van der Waals surface area contributed by atoms with Gasteiger partial charge in [0.25, 0.3) is 0 Å². The number of carbonyl (C=O) groups is 1. The predicted molar refractivity (Wildman–Crippen MR) is 57.3 cm³/mol. The van der Waals surface area contributed by atoms with Crippen LogP contribution in [0.1, 0.15) is 0 Å². The molecule has 0 amide bonds. The zero-order chi connectivity index (χ0) is 10.3. The Kier molecular flexibility index (Phi) is 7.12. The van der Waals surface area contributed by atoms with Crippen LogP contribution in [0.3, 0.4) is 0 Å². The number of thioether (sulfide) groups is 2. The molecule has 0 heterocycles. The van der Waals surface area contributed by atoms with Crippen LogP contribution < -0.4 is 0 Å². The van der Waals surface area contributed by atoms with E-state index >= 15 is 0 Å². The van der Waals surface area contributed by atoms with E-state index in [0.717, 1.165) is 4.38 Å². The Hall–Kier alpha value is -0.200. The maximum atomic E-state index is 11.0. The number of hydrogen-bond acceptors (Lipinski definition) is 6. The summed E-state index contributed by atoms with van der Waals surface area (Å²) in [6.45, 7) is 0. The Labute approximate surface area is 86.5 Å². The standard InChI is InChI=1S/C7H13NO3S2/c1-10-5(6(9)11-2)8-7(12-3)13-4/h5H,1-4H3. The molecule has 1 atom stereocenters. The van der Waals surface area contributed by atoms with Crippen LogP contribution in [-0.4, -0.2) is 43.3 Å². The molecule has 0 aromatic carbocycles. The molecule has 0 saturated carbocycles. The van der Waals surface area contributed by atoms with Gasteiger partial charge in [0, 0.05) is 7.11 Å². The Morgan fingerprint density at radius 2 is 1.85 bits per heavy atom. The highest BCUT2D eigenvalue weighted by Crippen LogP contribution is 2.13. The molecule has 0 aliphatic rings. The molecular formula is C7H13NO3S2. The number of nitrogens with zero attached hydrogens (tertiary/aromatic N) is 1. The first-order chi connectivity index (χ1) is 6.19. The summed E-state index contributed by atoms with van der Waals surface area (Å²) in [6, 6.07) is 0. The van der Waals surface area contributed by atoms with E-state index in [1.165, 1.54) is 37.7 Å². The van der Waals surface area contributed by atoms with E-state index in [1.807, 2.05) is 12.5 Å². The van der Waals surface area contributed by atoms with E-state index in [-0.39, 0.29) is 0 Å². The van der Waals surface area contributed by atoms with Crippen LogP contribution in [0.2, 0.25) is 0 Å². The minimum absolute atomic E-state index is 0.483. The van der Waals surface area contributed by atoms with E-state index in [4.69, 9.17) is 4.74 Å². The molecule has 0 aliphatic heterocycles. The Morgan fingerprint density at radius 1 is 1.31 bits per heavy atom. The van der Waals surface area contributed by atoms with Gasteiger partial charge in [-0.15, -0.1) is 23.5 Å². The quantitative estimate of drug-likeness (QED) is 0.409. The fourth-order valence-corrected chi connectivity index (χ4v) is 1.66. The van der Waals surface area contributed by atoms with Gasteiger partial charge in [0.1, 0.15) is 4.38 Å². The molecule has 4 nitrogen and oxygen atoms in total. The normalized spacial score (nSPS) is 12.0. The number of methoxy groups -OCH3 is 2. The topological polar surface area (TPSA) is 47.9 Å². The third-order valence-corrected chi connectivity index (χ3v) is 3.11. The van der Waals surface area contributed by atoms with Crippen molar-refractivity contribution in [1.29, 1.82) is 0 Å². The highest BCUT2D eigenvalue weighted by Gasteiger charge is 2.17. The van der Waals surface area contributed by atoms with Crippen LogP contribution in [0, 0.1) is 0 Å². The fraction of sp³-hybridized carbons (Fsp3) is 0.714. The van der Waals surface area contributed by atoms with Gasteiger partial charge in [-0.05, 0) is 12.5 Å². The van der Waals surface area contributed by atoms with Gasteiger partial charge in [-0.1, -0.05) is 0 Å². The lowest BCUT2D eigenvalue weighted by atomic mass is 10.6. The van der Waals surface area contributed by atoms with Gasteiger partial charge < -0.3 is 9.47 Å². The third kappa shape index (κ3) is 4.54. The highest BCUT2D eigenvalue weighted by molar-refractivity contribution is 8.38. The smallest absolute Gasteiger partial charge is 0.358 e. The van der Waals surface area contributed by atoms with Crippen molar-refractivity contribution in [3.63, 3.8) is 0 Å². The summed E-state index contributed by atoms with van der Waals surface area (Å²) in [4.78, 5) is 15.1. The van der Waals surface area contributed by atoms with Gasteiger partial charge in [0.15, 0.2) is 0 Å². The largest absolute Gasteiger partial charge is 0.466 e. The maximum absolute atomic E-state index is 11.0. The molecule has 0 saturated heterocycles. The van der Waals surface area contributed by atoms with Crippen LogP contribution >= 0.6 is 23.5 Å². The molecule has 0 aromatic rings. The summed E-state index contributed by atoms with van der Waals surface area (Å²) in [5.74, 6) is -0.483. The molecule has 13 heavy (non-hydrogen) atoms. The zero-order valence-electron chi connectivity index (χ0n) is 8.07. The molecule has 0 radical (unpaired) electrons. The second-order valence-corrected chi connectivity index (χ2v) is 3.76. The molecule has 6 heteroatoms. The van der Waals surface area contributed by atoms with Crippen molar-refractivity contribution < 1.29 is 14.3 Å². The zero-order valence-corrected chi connectivity index (χ0v) is 9.70. The number of ether oxygens (including phenoxy) is 2. The SMILES string of the molecule is COC(=O)C(N=C(SC)SC)OC. The molecular weight excluding hydrogens is 210 g/mol. The minimum atomic E-state index is -0.847. The molecule has 0 N–H and O–H groups in total. The summed E-state index contributed by atoms with van der Waals surface area (Å²) in [6.07, 6.45) is 2.93. The number of hydrogen-bond donors (Lipinski definition) is 0. The minimum Gasteiger partial charge on any atom is -0.466 e. The van der Waals surface area contributed by atoms with Gasteiger partial charge in [-0.2, -0.15) is 0 Å². The Balaban J connectivity index is 4.40. The summed E-state index contributed by atoms with van der Waals surface area (Å²) in [5.41, 5.74) is 0. The summed E-state index contributed by atoms with van der Waals surface area (Å²) in [5, 5.41) is 0. The molecule has 0 bridgehead atoms. The first kappa shape index (κ1) is 12.8. The molecule has 0 rings (SSSR count). The van der Waals surface area contributed by atoms with E-state index in [1.54, 1.807) is 0 Å². The van der Waals surface area contributed by atoms with Crippen LogP contribution in [0.5, 0.6) is 0 Å². The van der Waals surface area contributed by atoms with E-state index < -0.39 is 12.2 Å². The van der Waals surface area contributed by atoms with Gasteiger partial charge in [0.2, 0.25) is 6.23 Å². The fourth-order valence-electron chi connectivity index (χ4n) is 0.587. The molecule has 76 valence electrons. The third-order valence-electron chi connectivity index (χ3n) is 1.20. The monoisotopic (exact) mass is 223 g/mol. The van der Waals surface area contributed by atoms with Crippen molar-refractivity contribution in [1.82, 2.24) is 0 Å². The summed E-state index contributed by atoms with van der Waals surface area (Å²) >= 11 is 2.93. The van der Waals surface area contributed by atoms with Crippen molar-refractivity contribution >= 4 is 33.9 Å². The molecule has 1 unspecified atom stereocenters. The maximum Gasteiger partial charge on any atom is 0.358 e. The van der Waals surface area contributed by atoms with E-state index in [0.29, 0.717) is 0 Å². The van der Waals surface area contributed by atoms with Gasteiger partial charge in [-0.3, -0.25) is 0 Å². The van der Waals surface area contributed by atoms with Gasteiger partial charge in [0.05, 0.1) is 7.11 Å². The average Bonchev–Trinajstić information content (AvgIpc) is 2.19. The molecule has 0 aliphatic carbocycles. The van der Waals surface area contributed by atoms with E-state index in [2.05, 4.69) is 9.73 Å². The summed E-state index contributed by atoms with van der Waals surface area (Å²) in [7, 11) is 2.73. The van der Waals surface area contributed by atoms with Gasteiger partial charge in [-0.25, -0.2) is 9.79 Å². The molecule has 0 spiro atoms. The van der Waals surface area contributed by atoms with Crippen LogP contribution in [0.25, 0.3) is 0 Å². The average molecular weight is 223 g/mol. The Bertz CT molecular complexity index is 190. The van der Waals surface area contributed by atoms with Crippen LogP contribution in [0.4, 0.5) is 0 Å². The van der Waals surface area contributed by atoms with Crippen LogP contribution in [-0.2, 0) is 14.3 Å². The van der Waals surface area contributed by atoms with Crippen molar-refractivity contribution in [2.75, 3.05) is 26.7 Å². The number of rotatable bonds is 3. The van der Waals surface area contributed by atoms with Crippen molar-refractivity contribution in [2.24, 2.45) is 4.99 Å². The first-order valence-electron chi connectivity index (χ1n) is 3.46. The van der Waals surface area contributed by atoms with Gasteiger partial charge >= 0.3 is 5.97 Å². The number of esters is 1. The number of carbonyl (C=O) groups excluding carboxylic acids is 1. The first-order valence-corrected chi connectivity index (χ1v) is 5.91. The number of aliphatic imine (C=N–C) groups is 1. The highest BCUT2D eigenvalue weighted by atomic mass is 32.2. The lowest BCUT2D eigenvalue weighted by Gasteiger charge is -2.08. The Morgan fingerprint density at radius 3 is 2.15 bits per heavy atom.